The Labute approximate surface area is 662 Å². The van der Waals surface area contributed by atoms with E-state index >= 15 is 0 Å². The molecule has 20 rings (SSSR count). The summed E-state index contributed by atoms with van der Waals surface area (Å²) in [6.45, 7) is 0. The standard InChI is InChI=1S/C109H78N4/c1-9-29-77(30-10-1)81-49-59-93(60-50-81)110(89-37-17-5-18-38-89)97-69-87(70-98(75-97)111(90-39-19-6-20-40-90)94-61-51-82(52-62-94)78-31-11-2-12-32-78)85-57-67-103-104-68-58-86(74-108(104)109(107(103)73-85)105-47-27-25-45-101(105)102-46-26-28-48-106(102)109)88-71-99(112(91-41-21-7-22-42-91)95-63-53-83(54-64-95)79-33-13-3-14-34-79)76-100(72-88)113(92-43-23-8-24-44-92)96-65-55-84(56-66-96)80-35-15-4-16-36-80/h1-35,37-76,80H,36H2. The van der Waals surface area contributed by atoms with Crippen LogP contribution in [0.3, 0.4) is 0 Å². The maximum absolute atomic E-state index is 2.55. The van der Waals surface area contributed by atoms with E-state index in [0.29, 0.717) is 5.92 Å². The third kappa shape index (κ3) is 12.6. The van der Waals surface area contributed by atoms with Crippen molar-refractivity contribution in [3.63, 3.8) is 0 Å². The zero-order valence-electron chi connectivity index (χ0n) is 62.4. The van der Waals surface area contributed by atoms with Crippen LogP contribution < -0.4 is 19.6 Å². The van der Waals surface area contributed by atoms with Crippen LogP contribution in [0.15, 0.2) is 455 Å². The molecule has 17 aromatic rings. The molecule has 534 valence electrons. The Morgan fingerprint density at radius 3 is 0.770 bits per heavy atom. The Balaban J connectivity index is 0.793. The molecule has 4 nitrogen and oxygen atoms in total. The molecule has 4 heteroatoms. The highest BCUT2D eigenvalue weighted by Crippen LogP contribution is 2.64. The Kier molecular flexibility index (Phi) is 17.6. The van der Waals surface area contributed by atoms with Gasteiger partial charge in [-0.25, -0.2) is 0 Å². The Morgan fingerprint density at radius 2 is 0.451 bits per heavy atom. The highest BCUT2D eigenvalue weighted by atomic mass is 15.2. The van der Waals surface area contributed by atoms with Crippen molar-refractivity contribution in [2.75, 3.05) is 19.6 Å². The first-order chi connectivity index (χ1) is 56.0. The molecule has 3 aliphatic carbocycles. The van der Waals surface area contributed by atoms with Crippen molar-refractivity contribution in [1.82, 2.24) is 0 Å². The van der Waals surface area contributed by atoms with E-state index in [1.807, 2.05) is 0 Å². The molecule has 0 bridgehead atoms. The van der Waals surface area contributed by atoms with Crippen LogP contribution >= 0.6 is 0 Å². The van der Waals surface area contributed by atoms with Crippen molar-refractivity contribution in [2.45, 2.75) is 17.8 Å². The Hall–Kier alpha value is -14.6. The number of rotatable bonds is 18. The molecule has 1 unspecified atom stereocenters. The molecule has 0 heterocycles. The van der Waals surface area contributed by atoms with Crippen molar-refractivity contribution in [3.05, 3.63) is 483 Å². The van der Waals surface area contributed by atoms with Crippen LogP contribution in [0.4, 0.5) is 68.2 Å². The van der Waals surface area contributed by atoms with E-state index in [9.17, 15) is 0 Å². The van der Waals surface area contributed by atoms with Crippen LogP contribution in [0.1, 0.15) is 40.2 Å². The molecule has 1 atom stereocenters. The summed E-state index contributed by atoms with van der Waals surface area (Å²) in [7, 11) is 0. The second kappa shape index (κ2) is 29.4. The number of anilines is 12. The third-order valence-corrected chi connectivity index (χ3v) is 22.9. The van der Waals surface area contributed by atoms with Crippen LogP contribution in [-0.4, -0.2) is 0 Å². The first-order valence-corrected chi connectivity index (χ1v) is 39.1. The maximum atomic E-state index is 2.55. The number of nitrogens with zero attached hydrogens (tertiary/aromatic N) is 4. The minimum Gasteiger partial charge on any atom is -0.310 e. The fraction of sp³-hybridized carbons (Fsp3) is 0.0275. The highest BCUT2D eigenvalue weighted by Gasteiger charge is 2.52. The Bertz CT molecular complexity index is 6160. The van der Waals surface area contributed by atoms with Gasteiger partial charge in [0, 0.05) is 74.2 Å². The summed E-state index contributed by atoms with van der Waals surface area (Å²) in [4.78, 5) is 9.70. The predicted molar refractivity (Wildman–Crippen MR) is 474 cm³/mol. The number of allylic oxidation sites excluding steroid dienone is 4. The number of benzene rings is 17. The van der Waals surface area contributed by atoms with E-state index in [0.717, 1.165) is 114 Å². The summed E-state index contributed by atoms with van der Waals surface area (Å²) in [5.41, 5.74) is 34.5. The average molecular weight is 1440 g/mol. The van der Waals surface area contributed by atoms with E-state index in [1.54, 1.807) is 0 Å². The van der Waals surface area contributed by atoms with Gasteiger partial charge in [-0.05, 0) is 258 Å². The lowest BCUT2D eigenvalue weighted by Gasteiger charge is -2.32. The van der Waals surface area contributed by atoms with Crippen LogP contribution in [0.2, 0.25) is 0 Å². The minimum atomic E-state index is -0.727. The summed E-state index contributed by atoms with van der Waals surface area (Å²) in [5, 5.41) is 0. The van der Waals surface area contributed by atoms with Gasteiger partial charge in [0.05, 0.1) is 5.41 Å². The summed E-state index contributed by atoms with van der Waals surface area (Å²) in [6, 6.07) is 159. The number of hydrogen-bond acceptors (Lipinski definition) is 4. The second-order valence-electron chi connectivity index (χ2n) is 29.5. The summed E-state index contributed by atoms with van der Waals surface area (Å²) < 4.78 is 0. The fourth-order valence-corrected chi connectivity index (χ4v) is 17.6. The molecular formula is C109H78N4. The zero-order chi connectivity index (χ0) is 75.0. The molecule has 0 aliphatic heterocycles. The molecule has 0 fully saturated rings. The van der Waals surface area contributed by atoms with Crippen LogP contribution in [-0.2, 0) is 5.41 Å². The lowest BCUT2D eigenvalue weighted by Crippen LogP contribution is -2.26. The molecule has 113 heavy (non-hydrogen) atoms. The van der Waals surface area contributed by atoms with Crippen molar-refractivity contribution in [1.29, 1.82) is 0 Å². The van der Waals surface area contributed by atoms with Gasteiger partial charge in [-0.3, -0.25) is 0 Å². The Morgan fingerprint density at radius 1 is 0.186 bits per heavy atom. The largest absolute Gasteiger partial charge is 0.310 e. The highest BCUT2D eigenvalue weighted by molar-refractivity contribution is 5.99. The molecule has 0 N–H and O–H groups in total. The molecule has 0 saturated carbocycles. The maximum Gasteiger partial charge on any atom is 0.0725 e. The fourth-order valence-electron chi connectivity index (χ4n) is 17.6. The van der Waals surface area contributed by atoms with E-state index in [1.165, 1.54) is 66.8 Å². The smallest absolute Gasteiger partial charge is 0.0725 e. The van der Waals surface area contributed by atoms with E-state index in [-0.39, 0.29) is 0 Å². The van der Waals surface area contributed by atoms with Crippen molar-refractivity contribution in [3.8, 4) is 77.9 Å². The van der Waals surface area contributed by atoms with Crippen LogP contribution in [0.5, 0.6) is 0 Å². The van der Waals surface area contributed by atoms with E-state index in [2.05, 4.69) is 475 Å². The topological polar surface area (TPSA) is 13.0 Å². The monoisotopic (exact) mass is 1440 g/mol. The lowest BCUT2D eigenvalue weighted by atomic mass is 9.70. The number of hydrogen-bond donors (Lipinski definition) is 0. The van der Waals surface area contributed by atoms with Crippen molar-refractivity contribution >= 4 is 68.2 Å². The van der Waals surface area contributed by atoms with Crippen LogP contribution in [0.25, 0.3) is 77.9 Å². The van der Waals surface area contributed by atoms with Crippen molar-refractivity contribution in [2.24, 2.45) is 0 Å². The molecule has 0 saturated heterocycles. The van der Waals surface area contributed by atoms with Crippen LogP contribution in [0, 0.1) is 0 Å². The molecule has 0 amide bonds. The number of fused-ring (bicyclic) bond motifs is 10. The van der Waals surface area contributed by atoms with Gasteiger partial charge in [-0.15, -0.1) is 0 Å². The predicted octanol–water partition coefficient (Wildman–Crippen LogP) is 29.8. The average Bonchev–Trinajstić information content (AvgIpc) is 1.51. The van der Waals surface area contributed by atoms with Gasteiger partial charge in [0.25, 0.3) is 0 Å². The van der Waals surface area contributed by atoms with Gasteiger partial charge in [0.1, 0.15) is 0 Å². The molecule has 1 spiro atoms. The van der Waals surface area contributed by atoms with Gasteiger partial charge in [-0.2, -0.15) is 0 Å². The van der Waals surface area contributed by atoms with Gasteiger partial charge < -0.3 is 19.6 Å². The third-order valence-electron chi connectivity index (χ3n) is 22.9. The van der Waals surface area contributed by atoms with Gasteiger partial charge in [-0.1, -0.05) is 309 Å². The SMILES string of the molecule is C1=CCC(c2ccc(N(c3ccccc3)c3cc(-c4ccc5c(c4)C4(c6ccccc6-c6ccccc64)c4cc(-c6cc(N(c7ccccc7)c7ccc(-c8ccccc8)cc7)cc(N(c7ccccc7)c7ccc(-c8ccccc8)cc7)c6)ccc4-5)cc(N(c4ccccc4)c4ccc(-c5ccccc5)cc4)c3)cc2)C=C1. The normalized spacial score (nSPS) is 13.2. The molecule has 17 aromatic carbocycles. The summed E-state index contributed by atoms with van der Waals surface area (Å²) in [6.07, 6.45) is 9.90. The second-order valence-corrected chi connectivity index (χ2v) is 29.5. The van der Waals surface area contributed by atoms with Gasteiger partial charge in [0.2, 0.25) is 0 Å². The zero-order valence-corrected chi connectivity index (χ0v) is 62.4. The lowest BCUT2D eigenvalue weighted by molar-refractivity contribution is 0.794. The summed E-state index contributed by atoms with van der Waals surface area (Å²) in [5.74, 6) is 0.317. The first-order valence-electron chi connectivity index (χ1n) is 39.1. The summed E-state index contributed by atoms with van der Waals surface area (Å²) >= 11 is 0. The molecule has 0 radical (unpaired) electrons. The van der Waals surface area contributed by atoms with Gasteiger partial charge >= 0.3 is 0 Å². The van der Waals surface area contributed by atoms with E-state index in [4.69, 9.17) is 0 Å². The minimum absolute atomic E-state index is 0.317. The quantitative estimate of drug-likeness (QED) is 0.0849. The van der Waals surface area contributed by atoms with Crippen molar-refractivity contribution < 1.29 is 0 Å². The number of para-hydroxylation sites is 4. The van der Waals surface area contributed by atoms with E-state index < -0.39 is 5.41 Å². The van der Waals surface area contributed by atoms with Gasteiger partial charge in [0.15, 0.2) is 0 Å². The molecular weight excluding hydrogens is 1370 g/mol. The molecule has 0 aromatic heterocycles. The molecule has 3 aliphatic rings. The first kappa shape index (κ1) is 67.7.